The van der Waals surface area contributed by atoms with E-state index in [4.69, 9.17) is 0 Å². The van der Waals surface area contributed by atoms with Crippen LogP contribution in [0.3, 0.4) is 0 Å². The highest BCUT2D eigenvalue weighted by atomic mass is 32.2. The third-order valence-corrected chi connectivity index (χ3v) is 5.25. The van der Waals surface area contributed by atoms with Crippen LogP contribution in [-0.2, 0) is 14.8 Å². The molecule has 0 aromatic carbocycles. The number of piperidine rings is 1. The van der Waals surface area contributed by atoms with Gasteiger partial charge in [0.1, 0.15) is 0 Å². The van der Waals surface area contributed by atoms with Gasteiger partial charge in [-0.15, -0.1) is 0 Å². The summed E-state index contributed by atoms with van der Waals surface area (Å²) < 4.78 is 26.3. The van der Waals surface area contributed by atoms with Crippen molar-refractivity contribution in [2.45, 2.75) is 12.8 Å². The van der Waals surface area contributed by atoms with Crippen molar-refractivity contribution in [2.24, 2.45) is 5.92 Å². The van der Waals surface area contributed by atoms with Gasteiger partial charge in [0.15, 0.2) is 5.82 Å². The molecular formula is C15H19N5O3S. The molecule has 0 radical (unpaired) electrons. The van der Waals surface area contributed by atoms with Crippen LogP contribution in [-0.4, -0.2) is 52.7 Å². The quantitative estimate of drug-likeness (QED) is 0.884. The summed E-state index contributed by atoms with van der Waals surface area (Å²) in [6.07, 6.45) is 7.53. The van der Waals surface area contributed by atoms with Gasteiger partial charge in [0, 0.05) is 25.5 Å². The molecule has 1 aliphatic heterocycles. The molecule has 1 saturated heterocycles. The molecule has 0 aliphatic carbocycles. The van der Waals surface area contributed by atoms with Gasteiger partial charge in [-0.25, -0.2) is 22.4 Å². The summed E-state index contributed by atoms with van der Waals surface area (Å²) in [4.78, 5) is 16.6. The molecule has 1 N–H and O–H groups in total. The topological polar surface area (TPSA) is 97.2 Å². The third-order valence-electron chi connectivity index (χ3n) is 3.98. The summed E-state index contributed by atoms with van der Waals surface area (Å²) in [5, 5.41) is 6.89. The van der Waals surface area contributed by atoms with Gasteiger partial charge in [-0.2, -0.15) is 5.10 Å². The maximum Gasteiger partial charge on any atom is 0.228 e. The first-order valence-corrected chi connectivity index (χ1v) is 9.50. The lowest BCUT2D eigenvalue weighted by atomic mass is 9.99. The Balaban J connectivity index is 1.64. The Labute approximate surface area is 140 Å². The van der Waals surface area contributed by atoms with Gasteiger partial charge in [-0.05, 0) is 31.0 Å². The molecule has 3 rings (SSSR count). The second-order valence-electron chi connectivity index (χ2n) is 5.81. The Hall–Kier alpha value is -2.26. The molecule has 1 amide bonds. The Morgan fingerprint density at radius 1 is 1.38 bits per heavy atom. The number of nitrogens with one attached hydrogen (secondary N) is 1. The Bertz CT molecular complexity index is 802. The van der Waals surface area contributed by atoms with Crippen LogP contribution in [0.2, 0.25) is 0 Å². The van der Waals surface area contributed by atoms with E-state index in [2.05, 4.69) is 15.4 Å². The highest BCUT2D eigenvalue weighted by Crippen LogP contribution is 2.20. The average molecular weight is 349 g/mol. The molecule has 3 heterocycles. The van der Waals surface area contributed by atoms with E-state index in [0.29, 0.717) is 30.9 Å². The second-order valence-corrected chi connectivity index (χ2v) is 7.79. The van der Waals surface area contributed by atoms with Gasteiger partial charge in [-0.1, -0.05) is 0 Å². The Morgan fingerprint density at radius 3 is 2.83 bits per heavy atom. The van der Waals surface area contributed by atoms with E-state index in [1.807, 2.05) is 0 Å². The van der Waals surface area contributed by atoms with Crippen LogP contribution in [0.25, 0.3) is 5.82 Å². The van der Waals surface area contributed by atoms with E-state index < -0.39 is 10.0 Å². The molecule has 128 valence electrons. The second kappa shape index (κ2) is 6.70. The van der Waals surface area contributed by atoms with E-state index in [-0.39, 0.29) is 18.4 Å². The lowest BCUT2D eigenvalue weighted by Gasteiger charge is -2.30. The number of aromatic nitrogens is 3. The molecule has 2 aromatic heterocycles. The zero-order valence-corrected chi connectivity index (χ0v) is 14.1. The number of anilines is 1. The minimum atomic E-state index is -3.26. The molecule has 0 saturated carbocycles. The number of sulfonamides is 1. The first-order valence-electron chi connectivity index (χ1n) is 7.65. The molecule has 8 nitrogen and oxygen atoms in total. The molecule has 1 aliphatic rings. The van der Waals surface area contributed by atoms with E-state index in [1.54, 1.807) is 41.5 Å². The van der Waals surface area contributed by atoms with Gasteiger partial charge >= 0.3 is 0 Å². The lowest BCUT2D eigenvalue weighted by molar-refractivity contribution is -0.120. The van der Waals surface area contributed by atoms with Crippen LogP contribution in [0.1, 0.15) is 12.8 Å². The number of carbonyl (C=O) groups excluding carboxylic acids is 1. The molecule has 0 bridgehead atoms. The minimum Gasteiger partial charge on any atom is -0.324 e. The number of amides is 1. The largest absolute Gasteiger partial charge is 0.324 e. The van der Waals surface area contributed by atoms with E-state index in [1.165, 1.54) is 10.6 Å². The predicted octanol–water partition coefficient (Wildman–Crippen LogP) is 0.877. The van der Waals surface area contributed by atoms with Gasteiger partial charge in [-0.3, -0.25) is 4.79 Å². The Kier molecular flexibility index (Phi) is 4.63. The smallest absolute Gasteiger partial charge is 0.228 e. The van der Waals surface area contributed by atoms with Crippen molar-refractivity contribution >= 4 is 21.6 Å². The number of nitrogens with zero attached hydrogens (tertiary/aromatic N) is 4. The maximum absolute atomic E-state index is 12.4. The van der Waals surface area contributed by atoms with Crippen molar-refractivity contribution in [3.8, 4) is 5.82 Å². The fourth-order valence-electron chi connectivity index (χ4n) is 2.70. The minimum absolute atomic E-state index is 0.183. The van der Waals surface area contributed by atoms with Crippen molar-refractivity contribution in [3.05, 3.63) is 36.8 Å². The zero-order valence-electron chi connectivity index (χ0n) is 13.3. The van der Waals surface area contributed by atoms with Crippen molar-refractivity contribution in [2.75, 3.05) is 24.7 Å². The molecule has 0 spiro atoms. The number of pyridine rings is 1. The van der Waals surface area contributed by atoms with Crippen LogP contribution in [0.15, 0.2) is 36.8 Å². The van der Waals surface area contributed by atoms with Crippen molar-refractivity contribution < 1.29 is 13.2 Å². The summed E-state index contributed by atoms with van der Waals surface area (Å²) in [6, 6.07) is 5.30. The van der Waals surface area contributed by atoms with Gasteiger partial charge in [0.05, 0.1) is 24.1 Å². The van der Waals surface area contributed by atoms with Crippen molar-refractivity contribution in [1.29, 1.82) is 0 Å². The fourth-order valence-corrected chi connectivity index (χ4v) is 3.61. The van der Waals surface area contributed by atoms with E-state index in [0.717, 1.165) is 0 Å². The van der Waals surface area contributed by atoms with Crippen LogP contribution >= 0.6 is 0 Å². The third kappa shape index (κ3) is 3.80. The predicted molar refractivity (Wildman–Crippen MR) is 89.1 cm³/mol. The average Bonchev–Trinajstić information content (AvgIpc) is 3.09. The van der Waals surface area contributed by atoms with E-state index >= 15 is 0 Å². The maximum atomic E-state index is 12.4. The van der Waals surface area contributed by atoms with Gasteiger partial charge < -0.3 is 5.32 Å². The lowest BCUT2D eigenvalue weighted by Crippen LogP contribution is -2.43. The zero-order chi connectivity index (χ0) is 17.2. The first kappa shape index (κ1) is 16.6. The molecule has 24 heavy (non-hydrogen) atoms. The van der Waals surface area contributed by atoms with Crippen molar-refractivity contribution in [3.63, 3.8) is 0 Å². The molecule has 0 unspecified atom stereocenters. The molecular weight excluding hydrogens is 330 g/mol. The highest BCUT2D eigenvalue weighted by Gasteiger charge is 2.30. The number of carbonyl (C=O) groups is 1. The summed E-state index contributed by atoms with van der Waals surface area (Å²) in [5.74, 6) is 0.121. The van der Waals surface area contributed by atoms with Gasteiger partial charge in [0.2, 0.25) is 15.9 Å². The molecule has 1 fully saturated rings. The molecule has 2 aromatic rings. The summed E-state index contributed by atoms with van der Waals surface area (Å²) in [6.45, 7) is 0.701. The van der Waals surface area contributed by atoms with Crippen molar-refractivity contribution in [1.82, 2.24) is 19.1 Å². The van der Waals surface area contributed by atoms with E-state index in [9.17, 15) is 13.2 Å². The standard InChI is InChI=1S/C15H19N5O3S/c1-24(22,23)19-8-2-4-12(11-19)15(21)18-13-5-6-14(16-10-13)20-9-3-7-17-20/h3,5-7,9-10,12H,2,4,8,11H2,1H3,(H,18,21)/t12-/m1/s1. The summed E-state index contributed by atoms with van der Waals surface area (Å²) in [7, 11) is -3.26. The van der Waals surface area contributed by atoms with Crippen LogP contribution < -0.4 is 5.32 Å². The fraction of sp³-hybridized carbons (Fsp3) is 0.400. The van der Waals surface area contributed by atoms with Crippen LogP contribution in [0, 0.1) is 5.92 Å². The summed E-state index contributed by atoms with van der Waals surface area (Å²) >= 11 is 0. The van der Waals surface area contributed by atoms with Crippen LogP contribution in [0.5, 0.6) is 0 Å². The SMILES string of the molecule is CS(=O)(=O)N1CCC[C@@H](C(=O)Nc2ccc(-n3cccn3)nc2)C1. The molecule has 9 heteroatoms. The highest BCUT2D eigenvalue weighted by molar-refractivity contribution is 7.88. The monoisotopic (exact) mass is 349 g/mol. The number of hydrogen-bond acceptors (Lipinski definition) is 5. The van der Waals surface area contributed by atoms with Gasteiger partial charge in [0.25, 0.3) is 0 Å². The normalized spacial score (nSPS) is 19.1. The Morgan fingerprint density at radius 2 is 2.21 bits per heavy atom. The first-order chi connectivity index (χ1) is 11.4. The summed E-state index contributed by atoms with van der Waals surface area (Å²) in [5.41, 5.74) is 0.576. The van der Waals surface area contributed by atoms with Crippen LogP contribution in [0.4, 0.5) is 5.69 Å². The molecule has 1 atom stereocenters. The number of rotatable bonds is 4. The number of hydrogen-bond donors (Lipinski definition) is 1.